The Morgan fingerprint density at radius 1 is 1.54 bits per heavy atom. The molecule has 2 heterocycles. The fourth-order valence-electron chi connectivity index (χ4n) is 1.46. The maximum absolute atomic E-state index is 4.83. The van der Waals surface area contributed by atoms with Gasteiger partial charge >= 0.3 is 6.01 Å². The van der Waals surface area contributed by atoms with Crippen LogP contribution in [0, 0.1) is 0 Å². The van der Waals surface area contributed by atoms with Crippen molar-refractivity contribution in [3.63, 3.8) is 0 Å². The van der Waals surface area contributed by atoms with Crippen LogP contribution >= 0.6 is 0 Å². The molecule has 13 heavy (non-hydrogen) atoms. The summed E-state index contributed by atoms with van der Waals surface area (Å²) in [5.41, 5.74) is 0.950. The first kappa shape index (κ1) is 8.37. The Morgan fingerprint density at radius 2 is 2.46 bits per heavy atom. The number of methoxy groups -OCH3 is 1. The van der Waals surface area contributed by atoms with E-state index in [9.17, 15) is 0 Å². The molecule has 1 N–H and O–H groups in total. The number of nitrogens with zero attached hydrogens (tertiary/aromatic N) is 3. The highest BCUT2D eigenvalue weighted by molar-refractivity contribution is 5.06. The molecule has 0 aliphatic carbocycles. The second-order valence-electron chi connectivity index (χ2n) is 3.06. The quantitative estimate of drug-likeness (QED) is 0.691. The van der Waals surface area contributed by atoms with Crippen LogP contribution in [0.3, 0.4) is 0 Å². The number of aromatic nitrogens is 3. The van der Waals surface area contributed by atoms with Crippen molar-refractivity contribution >= 4 is 0 Å². The Hall–Kier alpha value is -1.23. The average molecular weight is 180 g/mol. The first-order valence-corrected chi connectivity index (χ1v) is 4.34. The highest BCUT2D eigenvalue weighted by Crippen LogP contribution is 2.18. The van der Waals surface area contributed by atoms with Crippen molar-refractivity contribution in [1.29, 1.82) is 0 Å². The Morgan fingerprint density at radius 3 is 3.00 bits per heavy atom. The zero-order chi connectivity index (χ0) is 9.10. The van der Waals surface area contributed by atoms with E-state index in [0.717, 1.165) is 25.2 Å². The van der Waals surface area contributed by atoms with Gasteiger partial charge in [0.15, 0.2) is 0 Å². The van der Waals surface area contributed by atoms with E-state index < -0.39 is 0 Å². The molecule has 1 saturated heterocycles. The van der Waals surface area contributed by atoms with E-state index in [4.69, 9.17) is 4.74 Å². The third kappa shape index (κ3) is 1.75. The number of hydrogen-bond donors (Lipinski definition) is 1. The molecular formula is C8H12N4O. The molecule has 1 fully saturated rings. The summed E-state index contributed by atoms with van der Waals surface area (Å²) >= 11 is 0. The van der Waals surface area contributed by atoms with E-state index in [1.807, 2.05) is 0 Å². The van der Waals surface area contributed by atoms with Crippen LogP contribution in [-0.2, 0) is 0 Å². The van der Waals surface area contributed by atoms with Gasteiger partial charge < -0.3 is 10.1 Å². The molecule has 5 nitrogen and oxygen atoms in total. The van der Waals surface area contributed by atoms with Crippen molar-refractivity contribution in [1.82, 2.24) is 20.5 Å². The van der Waals surface area contributed by atoms with Gasteiger partial charge in [0, 0.05) is 12.5 Å². The summed E-state index contributed by atoms with van der Waals surface area (Å²) in [6, 6.07) is 0.328. The van der Waals surface area contributed by atoms with Crippen molar-refractivity contribution in [3.05, 3.63) is 11.9 Å². The van der Waals surface area contributed by atoms with Gasteiger partial charge in [-0.3, -0.25) is 0 Å². The standard InChI is InChI=1S/C8H12N4O/c1-13-8-10-5-7(11-12-8)6-2-3-9-4-6/h5-6,9H,2-4H2,1H3. The summed E-state index contributed by atoms with van der Waals surface area (Å²) in [5.74, 6) is 0.464. The fourth-order valence-corrected chi connectivity index (χ4v) is 1.46. The lowest BCUT2D eigenvalue weighted by atomic mass is 10.1. The van der Waals surface area contributed by atoms with E-state index in [1.165, 1.54) is 7.11 Å². The highest BCUT2D eigenvalue weighted by atomic mass is 16.5. The van der Waals surface area contributed by atoms with Gasteiger partial charge in [-0.2, -0.15) is 0 Å². The zero-order valence-electron chi connectivity index (χ0n) is 7.53. The Bertz CT molecular complexity index is 268. The fraction of sp³-hybridized carbons (Fsp3) is 0.625. The molecule has 1 aromatic rings. The summed E-state index contributed by atoms with van der Waals surface area (Å²) in [6.45, 7) is 2.03. The molecule has 1 aromatic heterocycles. The molecular weight excluding hydrogens is 168 g/mol. The van der Waals surface area contributed by atoms with Crippen LogP contribution in [0.4, 0.5) is 0 Å². The molecule has 1 unspecified atom stereocenters. The van der Waals surface area contributed by atoms with Gasteiger partial charge in [0.25, 0.3) is 0 Å². The number of ether oxygens (including phenoxy) is 1. The van der Waals surface area contributed by atoms with Crippen molar-refractivity contribution in [3.8, 4) is 6.01 Å². The Kier molecular flexibility index (Phi) is 2.35. The van der Waals surface area contributed by atoms with E-state index in [2.05, 4.69) is 20.5 Å². The molecule has 0 radical (unpaired) electrons. The van der Waals surface area contributed by atoms with Gasteiger partial charge in [-0.25, -0.2) is 4.98 Å². The third-order valence-electron chi connectivity index (χ3n) is 2.22. The summed E-state index contributed by atoms with van der Waals surface area (Å²) in [5, 5.41) is 11.2. The molecule has 0 saturated carbocycles. The molecule has 0 aromatic carbocycles. The smallest absolute Gasteiger partial charge is 0.335 e. The molecule has 70 valence electrons. The third-order valence-corrected chi connectivity index (χ3v) is 2.22. The predicted octanol–water partition coefficient (Wildman–Crippen LogP) is -0.0429. The van der Waals surface area contributed by atoms with Gasteiger partial charge in [0.2, 0.25) is 0 Å². The second-order valence-corrected chi connectivity index (χ2v) is 3.06. The lowest BCUT2D eigenvalue weighted by Crippen LogP contribution is -2.10. The lowest BCUT2D eigenvalue weighted by Gasteiger charge is -2.05. The monoisotopic (exact) mass is 180 g/mol. The molecule has 1 aliphatic rings. The Labute approximate surface area is 76.5 Å². The van der Waals surface area contributed by atoms with Crippen LogP contribution in [0.25, 0.3) is 0 Å². The maximum atomic E-state index is 4.83. The van der Waals surface area contributed by atoms with Crippen LogP contribution < -0.4 is 10.1 Å². The highest BCUT2D eigenvalue weighted by Gasteiger charge is 2.18. The number of rotatable bonds is 2. The first-order chi connectivity index (χ1) is 6.40. The van der Waals surface area contributed by atoms with Gasteiger partial charge in [-0.05, 0) is 13.0 Å². The summed E-state index contributed by atoms with van der Waals surface area (Å²) in [4.78, 5) is 4.02. The van der Waals surface area contributed by atoms with Crippen molar-refractivity contribution in [2.75, 3.05) is 20.2 Å². The van der Waals surface area contributed by atoms with Crippen molar-refractivity contribution < 1.29 is 4.74 Å². The van der Waals surface area contributed by atoms with E-state index >= 15 is 0 Å². The lowest BCUT2D eigenvalue weighted by molar-refractivity contribution is 0.371. The normalized spacial score (nSPS) is 21.8. The maximum Gasteiger partial charge on any atom is 0.335 e. The van der Waals surface area contributed by atoms with Crippen LogP contribution in [0.1, 0.15) is 18.0 Å². The molecule has 1 atom stereocenters. The molecule has 5 heteroatoms. The first-order valence-electron chi connectivity index (χ1n) is 4.34. The topological polar surface area (TPSA) is 59.9 Å². The van der Waals surface area contributed by atoms with Gasteiger partial charge in [0.05, 0.1) is 19.0 Å². The summed E-state index contributed by atoms with van der Waals surface area (Å²) < 4.78 is 4.83. The molecule has 1 aliphatic heterocycles. The zero-order valence-corrected chi connectivity index (χ0v) is 7.53. The molecule has 0 spiro atoms. The van der Waals surface area contributed by atoms with Crippen LogP contribution in [0.5, 0.6) is 6.01 Å². The van der Waals surface area contributed by atoms with Crippen molar-refractivity contribution in [2.45, 2.75) is 12.3 Å². The minimum atomic E-state index is 0.328. The minimum Gasteiger partial charge on any atom is -0.466 e. The number of hydrogen-bond acceptors (Lipinski definition) is 5. The number of nitrogens with one attached hydrogen (secondary N) is 1. The summed E-state index contributed by atoms with van der Waals surface area (Å²) in [7, 11) is 1.54. The SMILES string of the molecule is COc1ncc(C2CCNC2)nn1. The Balaban J connectivity index is 2.12. The van der Waals surface area contributed by atoms with Crippen LogP contribution in [-0.4, -0.2) is 35.4 Å². The minimum absolute atomic E-state index is 0.328. The van der Waals surface area contributed by atoms with E-state index in [0.29, 0.717) is 11.9 Å². The van der Waals surface area contributed by atoms with E-state index in [-0.39, 0.29) is 0 Å². The second kappa shape index (κ2) is 3.66. The van der Waals surface area contributed by atoms with Crippen LogP contribution in [0.15, 0.2) is 6.20 Å². The summed E-state index contributed by atoms with van der Waals surface area (Å²) in [6.07, 6.45) is 2.85. The van der Waals surface area contributed by atoms with Crippen molar-refractivity contribution in [2.24, 2.45) is 0 Å². The molecule has 0 amide bonds. The van der Waals surface area contributed by atoms with Gasteiger partial charge in [-0.1, -0.05) is 5.10 Å². The molecule has 2 rings (SSSR count). The molecule has 0 bridgehead atoms. The largest absolute Gasteiger partial charge is 0.466 e. The van der Waals surface area contributed by atoms with Gasteiger partial charge in [0.1, 0.15) is 0 Å². The van der Waals surface area contributed by atoms with Gasteiger partial charge in [-0.15, -0.1) is 5.10 Å². The average Bonchev–Trinajstić information content (AvgIpc) is 2.71. The van der Waals surface area contributed by atoms with Crippen LogP contribution in [0.2, 0.25) is 0 Å². The van der Waals surface area contributed by atoms with E-state index in [1.54, 1.807) is 6.20 Å². The predicted molar refractivity (Wildman–Crippen MR) is 46.6 cm³/mol.